The fraction of sp³-hybridized carbons (Fsp3) is 0.625. The first-order chi connectivity index (χ1) is 10.1. The van der Waals surface area contributed by atoms with Crippen molar-refractivity contribution in [1.82, 2.24) is 0 Å². The van der Waals surface area contributed by atoms with Gasteiger partial charge >= 0.3 is 0 Å². The van der Waals surface area contributed by atoms with Gasteiger partial charge in [0.1, 0.15) is 5.69 Å². The van der Waals surface area contributed by atoms with Gasteiger partial charge in [-0.25, -0.2) is 0 Å². The van der Waals surface area contributed by atoms with E-state index in [0.717, 1.165) is 12.0 Å². The average Bonchev–Trinajstić information content (AvgIpc) is 2.47. The zero-order chi connectivity index (χ0) is 15.2. The Hall–Kier alpha value is -1.62. The van der Waals surface area contributed by atoms with Gasteiger partial charge in [-0.05, 0) is 37.3 Å². The third kappa shape index (κ3) is 4.17. The van der Waals surface area contributed by atoms with E-state index in [4.69, 9.17) is 4.74 Å². The van der Waals surface area contributed by atoms with Gasteiger partial charge in [-0.1, -0.05) is 25.8 Å². The topological polar surface area (TPSA) is 64.4 Å². The molecule has 1 aromatic rings. The Morgan fingerprint density at radius 1 is 1.38 bits per heavy atom. The number of nitro benzene ring substituents is 1. The highest BCUT2D eigenvalue weighted by molar-refractivity contribution is 5.62. The standard InChI is InChI=1S/C16H24N2O3/c1-3-17-14-9-8-13(10-15(14)18(19)20)11-21-16-7-5-4-6-12(16)2/h8-10,12,16-17H,3-7,11H2,1-2H3. The van der Waals surface area contributed by atoms with Crippen molar-refractivity contribution < 1.29 is 9.66 Å². The minimum atomic E-state index is -0.343. The molecule has 2 atom stereocenters. The number of nitrogens with zero attached hydrogens (tertiary/aromatic N) is 1. The Morgan fingerprint density at radius 2 is 2.14 bits per heavy atom. The minimum absolute atomic E-state index is 0.120. The molecule has 0 saturated heterocycles. The van der Waals surface area contributed by atoms with E-state index in [0.29, 0.717) is 24.8 Å². The molecule has 0 bridgehead atoms. The van der Waals surface area contributed by atoms with E-state index in [1.807, 2.05) is 13.0 Å². The van der Waals surface area contributed by atoms with Crippen molar-refractivity contribution in [2.75, 3.05) is 11.9 Å². The van der Waals surface area contributed by atoms with Crippen LogP contribution in [0, 0.1) is 16.0 Å². The summed E-state index contributed by atoms with van der Waals surface area (Å²) in [5, 5.41) is 14.1. The van der Waals surface area contributed by atoms with E-state index < -0.39 is 0 Å². The van der Waals surface area contributed by atoms with Crippen LogP contribution in [0.25, 0.3) is 0 Å². The smallest absolute Gasteiger partial charge is 0.292 e. The molecule has 0 amide bonds. The van der Waals surface area contributed by atoms with E-state index in [1.165, 1.54) is 19.3 Å². The van der Waals surface area contributed by atoms with Gasteiger partial charge in [-0.3, -0.25) is 10.1 Å². The second-order valence-electron chi connectivity index (χ2n) is 5.75. The van der Waals surface area contributed by atoms with Crippen LogP contribution >= 0.6 is 0 Å². The first-order valence-electron chi connectivity index (χ1n) is 7.74. The van der Waals surface area contributed by atoms with Crippen LogP contribution in [0.4, 0.5) is 11.4 Å². The lowest BCUT2D eigenvalue weighted by atomic mass is 9.88. The second-order valence-corrected chi connectivity index (χ2v) is 5.75. The fourth-order valence-electron chi connectivity index (χ4n) is 2.89. The molecular weight excluding hydrogens is 268 g/mol. The SMILES string of the molecule is CCNc1ccc(COC2CCCCC2C)cc1[N+](=O)[O-]. The highest BCUT2D eigenvalue weighted by Crippen LogP contribution is 2.29. The van der Waals surface area contributed by atoms with Crippen molar-refractivity contribution >= 4 is 11.4 Å². The molecule has 0 aromatic heterocycles. The van der Waals surface area contributed by atoms with Crippen LogP contribution in [0.1, 0.15) is 45.1 Å². The minimum Gasteiger partial charge on any atom is -0.380 e. The number of anilines is 1. The van der Waals surface area contributed by atoms with E-state index >= 15 is 0 Å². The second kappa shape index (κ2) is 7.41. The molecule has 2 rings (SSSR count). The van der Waals surface area contributed by atoms with Crippen molar-refractivity contribution in [2.24, 2.45) is 5.92 Å². The normalized spacial score (nSPS) is 22.0. The van der Waals surface area contributed by atoms with Gasteiger partial charge in [0.25, 0.3) is 5.69 Å². The van der Waals surface area contributed by atoms with Crippen LogP contribution in [0.15, 0.2) is 18.2 Å². The number of nitrogens with one attached hydrogen (secondary N) is 1. The number of ether oxygens (including phenoxy) is 1. The summed E-state index contributed by atoms with van der Waals surface area (Å²) in [6, 6.07) is 5.29. The zero-order valence-corrected chi connectivity index (χ0v) is 12.8. The maximum Gasteiger partial charge on any atom is 0.292 e. The molecule has 2 unspecified atom stereocenters. The van der Waals surface area contributed by atoms with Crippen molar-refractivity contribution in [3.05, 3.63) is 33.9 Å². The van der Waals surface area contributed by atoms with Crippen molar-refractivity contribution in [1.29, 1.82) is 0 Å². The molecule has 1 aromatic carbocycles. The first-order valence-corrected chi connectivity index (χ1v) is 7.74. The predicted octanol–water partition coefficient (Wildman–Crippen LogP) is 4.12. The summed E-state index contributed by atoms with van der Waals surface area (Å²) in [6.07, 6.45) is 5.09. The molecule has 1 N–H and O–H groups in total. The van der Waals surface area contributed by atoms with Crippen LogP contribution in [0.5, 0.6) is 0 Å². The Labute approximate surface area is 125 Å². The Balaban J connectivity index is 2.03. The Bertz CT molecular complexity index is 490. The van der Waals surface area contributed by atoms with Gasteiger partial charge in [-0.15, -0.1) is 0 Å². The molecule has 116 valence electrons. The van der Waals surface area contributed by atoms with Gasteiger partial charge in [0.15, 0.2) is 0 Å². The number of benzene rings is 1. The van der Waals surface area contributed by atoms with Crippen LogP contribution in [-0.2, 0) is 11.3 Å². The number of hydrogen-bond donors (Lipinski definition) is 1. The lowest BCUT2D eigenvalue weighted by Gasteiger charge is -2.28. The highest BCUT2D eigenvalue weighted by Gasteiger charge is 2.22. The quantitative estimate of drug-likeness (QED) is 0.632. The van der Waals surface area contributed by atoms with Crippen LogP contribution in [-0.4, -0.2) is 17.6 Å². The maximum absolute atomic E-state index is 11.1. The Morgan fingerprint density at radius 3 is 2.81 bits per heavy atom. The van der Waals surface area contributed by atoms with Gasteiger partial charge < -0.3 is 10.1 Å². The molecule has 1 aliphatic carbocycles. The lowest BCUT2D eigenvalue weighted by molar-refractivity contribution is -0.384. The molecule has 0 heterocycles. The molecule has 5 nitrogen and oxygen atoms in total. The van der Waals surface area contributed by atoms with Crippen molar-refractivity contribution in [3.8, 4) is 0 Å². The predicted molar refractivity (Wildman–Crippen MR) is 83.5 cm³/mol. The van der Waals surface area contributed by atoms with E-state index in [2.05, 4.69) is 12.2 Å². The average molecular weight is 292 g/mol. The fourth-order valence-corrected chi connectivity index (χ4v) is 2.89. The van der Waals surface area contributed by atoms with Crippen LogP contribution in [0.2, 0.25) is 0 Å². The summed E-state index contributed by atoms with van der Waals surface area (Å²) in [5.74, 6) is 0.578. The third-order valence-electron chi connectivity index (χ3n) is 4.12. The summed E-state index contributed by atoms with van der Waals surface area (Å²) in [4.78, 5) is 10.8. The molecule has 0 spiro atoms. The van der Waals surface area contributed by atoms with E-state index in [9.17, 15) is 10.1 Å². The van der Waals surface area contributed by atoms with E-state index in [1.54, 1.807) is 12.1 Å². The molecule has 0 aliphatic heterocycles. The molecule has 1 aliphatic rings. The van der Waals surface area contributed by atoms with Gasteiger partial charge in [0, 0.05) is 12.6 Å². The summed E-state index contributed by atoms with van der Waals surface area (Å²) in [5.41, 5.74) is 1.55. The maximum atomic E-state index is 11.1. The number of rotatable bonds is 6. The number of hydrogen-bond acceptors (Lipinski definition) is 4. The molecule has 5 heteroatoms. The van der Waals surface area contributed by atoms with E-state index in [-0.39, 0.29) is 16.7 Å². The van der Waals surface area contributed by atoms with Gasteiger partial charge in [0.05, 0.1) is 17.6 Å². The Kier molecular flexibility index (Phi) is 5.56. The lowest BCUT2D eigenvalue weighted by Crippen LogP contribution is -2.25. The molecular formula is C16H24N2O3. The third-order valence-corrected chi connectivity index (χ3v) is 4.12. The molecule has 0 radical (unpaired) electrons. The summed E-state index contributed by atoms with van der Waals surface area (Å²) < 4.78 is 5.97. The van der Waals surface area contributed by atoms with Gasteiger partial charge in [-0.2, -0.15) is 0 Å². The van der Waals surface area contributed by atoms with Crippen molar-refractivity contribution in [2.45, 2.75) is 52.2 Å². The number of nitro groups is 1. The molecule has 1 fully saturated rings. The molecule has 21 heavy (non-hydrogen) atoms. The van der Waals surface area contributed by atoms with Crippen LogP contribution < -0.4 is 5.32 Å². The summed E-state index contributed by atoms with van der Waals surface area (Å²) >= 11 is 0. The highest BCUT2D eigenvalue weighted by atomic mass is 16.6. The largest absolute Gasteiger partial charge is 0.380 e. The summed E-state index contributed by atoms with van der Waals surface area (Å²) in [7, 11) is 0. The monoisotopic (exact) mass is 292 g/mol. The van der Waals surface area contributed by atoms with Crippen molar-refractivity contribution in [3.63, 3.8) is 0 Å². The molecule has 1 saturated carbocycles. The zero-order valence-electron chi connectivity index (χ0n) is 12.8. The summed E-state index contributed by atoms with van der Waals surface area (Å²) in [6.45, 7) is 5.25. The van der Waals surface area contributed by atoms with Crippen LogP contribution in [0.3, 0.4) is 0 Å². The van der Waals surface area contributed by atoms with Gasteiger partial charge in [0.2, 0.25) is 0 Å². The first kappa shape index (κ1) is 15.8.